The molecular formula is C21H24FN3O. The van der Waals surface area contributed by atoms with Gasteiger partial charge in [-0.05, 0) is 44.2 Å². The average Bonchev–Trinajstić information content (AvgIpc) is 3.16. The molecule has 1 saturated heterocycles. The zero-order chi connectivity index (χ0) is 17.7. The van der Waals surface area contributed by atoms with Crippen molar-refractivity contribution < 1.29 is 9.18 Å². The number of likely N-dealkylation sites (tertiary alicyclic amines) is 1. The van der Waals surface area contributed by atoms with E-state index in [4.69, 9.17) is 4.98 Å². The van der Waals surface area contributed by atoms with E-state index in [1.165, 1.54) is 12.5 Å². The molecule has 0 N–H and O–H groups in total. The highest BCUT2D eigenvalue weighted by Gasteiger charge is 2.45. The van der Waals surface area contributed by atoms with E-state index in [0.717, 1.165) is 68.8 Å². The minimum absolute atomic E-state index is 0.0853. The van der Waals surface area contributed by atoms with Crippen molar-refractivity contribution in [2.24, 2.45) is 5.92 Å². The van der Waals surface area contributed by atoms with E-state index in [9.17, 15) is 9.18 Å². The molecule has 0 bridgehead atoms. The summed E-state index contributed by atoms with van der Waals surface area (Å²) in [7, 11) is 0. The van der Waals surface area contributed by atoms with Gasteiger partial charge in [0.15, 0.2) is 0 Å². The number of amides is 1. The third kappa shape index (κ3) is 2.40. The number of fused-ring (bicyclic) bond motifs is 2. The molecule has 2 aliphatic heterocycles. The number of aromatic nitrogens is 2. The van der Waals surface area contributed by atoms with Crippen LogP contribution >= 0.6 is 0 Å². The Hall–Kier alpha value is -2.17. The highest BCUT2D eigenvalue weighted by Crippen LogP contribution is 2.45. The largest absolute Gasteiger partial charge is 0.342 e. The Balaban J connectivity index is 1.37. The van der Waals surface area contributed by atoms with Crippen molar-refractivity contribution in [2.75, 3.05) is 13.1 Å². The van der Waals surface area contributed by atoms with Gasteiger partial charge in [-0.15, -0.1) is 0 Å². The van der Waals surface area contributed by atoms with Crippen LogP contribution in [0.2, 0.25) is 0 Å². The normalized spacial score (nSPS) is 21.7. The van der Waals surface area contributed by atoms with Crippen LogP contribution < -0.4 is 0 Å². The molecule has 26 heavy (non-hydrogen) atoms. The molecule has 0 radical (unpaired) electrons. The van der Waals surface area contributed by atoms with Crippen LogP contribution in [0.15, 0.2) is 30.5 Å². The summed E-state index contributed by atoms with van der Waals surface area (Å²) < 4.78 is 15.9. The van der Waals surface area contributed by atoms with Crippen molar-refractivity contribution in [3.05, 3.63) is 42.1 Å². The molecule has 3 heterocycles. The summed E-state index contributed by atoms with van der Waals surface area (Å²) in [6.45, 7) is 2.62. The highest BCUT2D eigenvalue weighted by atomic mass is 19.1. The molecule has 2 fully saturated rings. The number of piperidine rings is 1. The van der Waals surface area contributed by atoms with Crippen molar-refractivity contribution in [3.63, 3.8) is 0 Å². The van der Waals surface area contributed by atoms with Crippen LogP contribution in [0.3, 0.4) is 0 Å². The van der Waals surface area contributed by atoms with E-state index in [-0.39, 0.29) is 17.2 Å². The van der Waals surface area contributed by atoms with Gasteiger partial charge in [0.1, 0.15) is 11.6 Å². The van der Waals surface area contributed by atoms with Crippen LogP contribution in [-0.2, 0) is 16.8 Å². The quantitative estimate of drug-likeness (QED) is 0.825. The summed E-state index contributed by atoms with van der Waals surface area (Å²) in [6.07, 6.45) is 8.29. The van der Waals surface area contributed by atoms with Crippen LogP contribution in [0.5, 0.6) is 0 Å². The Bertz CT molecular complexity index is 847. The zero-order valence-electron chi connectivity index (χ0n) is 15.0. The van der Waals surface area contributed by atoms with Crippen molar-refractivity contribution in [1.29, 1.82) is 0 Å². The van der Waals surface area contributed by atoms with E-state index in [0.29, 0.717) is 5.91 Å². The number of hydrogen-bond donors (Lipinski definition) is 0. The molecule has 1 amide bonds. The molecule has 2 aromatic rings. The number of carbonyl (C=O) groups is 1. The number of halogens is 1. The van der Waals surface area contributed by atoms with E-state index in [2.05, 4.69) is 9.47 Å². The molecule has 1 spiro atoms. The van der Waals surface area contributed by atoms with Crippen LogP contribution in [0, 0.1) is 11.7 Å². The first kappa shape index (κ1) is 16.0. The van der Waals surface area contributed by atoms with Crippen LogP contribution in [0.1, 0.15) is 44.3 Å². The molecule has 0 unspecified atom stereocenters. The maximum Gasteiger partial charge on any atom is 0.225 e. The Kier molecular flexibility index (Phi) is 3.66. The SMILES string of the molecule is O=C(C1CCC1)N1CCC2(CC1)CCn1c(-c3cccc(F)c3)cnc12. The molecule has 1 aromatic carbocycles. The Labute approximate surface area is 153 Å². The zero-order valence-corrected chi connectivity index (χ0v) is 15.0. The fraction of sp³-hybridized carbons (Fsp3) is 0.524. The molecule has 5 rings (SSSR count). The molecule has 3 aliphatic rings. The van der Waals surface area contributed by atoms with Gasteiger partial charge >= 0.3 is 0 Å². The van der Waals surface area contributed by atoms with E-state index < -0.39 is 0 Å². The van der Waals surface area contributed by atoms with Gasteiger partial charge in [0.05, 0.1) is 11.9 Å². The van der Waals surface area contributed by atoms with Crippen molar-refractivity contribution >= 4 is 5.91 Å². The van der Waals surface area contributed by atoms with Crippen molar-refractivity contribution in [1.82, 2.24) is 14.5 Å². The number of rotatable bonds is 2. The van der Waals surface area contributed by atoms with Crippen LogP contribution in [-0.4, -0.2) is 33.4 Å². The number of imidazole rings is 1. The topological polar surface area (TPSA) is 38.1 Å². The standard InChI is InChI=1S/C21H24FN3O/c22-17-6-2-5-16(13-17)18-14-23-20-21(9-12-25(18)20)7-10-24(11-8-21)19(26)15-3-1-4-15/h2,5-6,13-15H,1,3-4,7-12H2. The smallest absolute Gasteiger partial charge is 0.225 e. The van der Waals surface area contributed by atoms with Gasteiger partial charge in [-0.3, -0.25) is 4.79 Å². The van der Waals surface area contributed by atoms with Gasteiger partial charge in [0.2, 0.25) is 5.91 Å². The van der Waals surface area contributed by atoms with Gasteiger partial charge in [0, 0.05) is 36.5 Å². The Morgan fingerprint density at radius 2 is 1.92 bits per heavy atom. The van der Waals surface area contributed by atoms with Gasteiger partial charge in [0.25, 0.3) is 0 Å². The first-order valence-electron chi connectivity index (χ1n) is 9.77. The minimum Gasteiger partial charge on any atom is -0.342 e. The van der Waals surface area contributed by atoms with Crippen LogP contribution in [0.25, 0.3) is 11.3 Å². The minimum atomic E-state index is -0.214. The van der Waals surface area contributed by atoms with Gasteiger partial charge in [-0.2, -0.15) is 0 Å². The molecule has 1 aromatic heterocycles. The highest BCUT2D eigenvalue weighted by molar-refractivity contribution is 5.79. The first-order valence-corrected chi connectivity index (χ1v) is 9.77. The monoisotopic (exact) mass is 353 g/mol. The Morgan fingerprint density at radius 1 is 1.15 bits per heavy atom. The molecule has 1 saturated carbocycles. The number of hydrogen-bond acceptors (Lipinski definition) is 2. The maximum atomic E-state index is 13.6. The summed E-state index contributed by atoms with van der Waals surface area (Å²) in [5.74, 6) is 1.57. The maximum absolute atomic E-state index is 13.6. The van der Waals surface area contributed by atoms with E-state index >= 15 is 0 Å². The summed E-state index contributed by atoms with van der Waals surface area (Å²) in [4.78, 5) is 19.3. The molecule has 0 atom stereocenters. The number of carbonyl (C=O) groups excluding carboxylic acids is 1. The molecule has 5 heteroatoms. The fourth-order valence-corrected chi connectivity index (χ4v) is 4.88. The lowest BCUT2D eigenvalue weighted by Gasteiger charge is -2.40. The Morgan fingerprint density at radius 3 is 2.62 bits per heavy atom. The van der Waals surface area contributed by atoms with Gasteiger partial charge < -0.3 is 9.47 Å². The second kappa shape index (κ2) is 5.93. The van der Waals surface area contributed by atoms with Gasteiger partial charge in [-0.25, -0.2) is 9.37 Å². The summed E-state index contributed by atoms with van der Waals surface area (Å²) in [5, 5.41) is 0. The first-order chi connectivity index (χ1) is 12.7. The van der Waals surface area contributed by atoms with Crippen LogP contribution in [0.4, 0.5) is 4.39 Å². The lowest BCUT2D eigenvalue weighted by atomic mass is 9.76. The summed E-state index contributed by atoms with van der Waals surface area (Å²) >= 11 is 0. The third-order valence-electron chi connectivity index (χ3n) is 6.75. The molecule has 4 nitrogen and oxygen atoms in total. The van der Waals surface area contributed by atoms with Crippen molar-refractivity contribution in [2.45, 2.75) is 50.5 Å². The third-order valence-corrected chi connectivity index (χ3v) is 6.75. The predicted octanol–water partition coefficient (Wildman–Crippen LogP) is 3.75. The second-order valence-corrected chi connectivity index (χ2v) is 8.11. The van der Waals surface area contributed by atoms with E-state index in [1.54, 1.807) is 12.1 Å². The lowest BCUT2D eigenvalue weighted by Crippen LogP contribution is -2.47. The number of nitrogens with zero attached hydrogens (tertiary/aromatic N) is 3. The molecule has 1 aliphatic carbocycles. The fourth-order valence-electron chi connectivity index (χ4n) is 4.88. The predicted molar refractivity (Wildman–Crippen MR) is 97.1 cm³/mol. The number of benzene rings is 1. The average molecular weight is 353 g/mol. The summed E-state index contributed by atoms with van der Waals surface area (Å²) in [6, 6.07) is 6.74. The molecule has 136 valence electrons. The lowest BCUT2D eigenvalue weighted by molar-refractivity contribution is -0.139. The van der Waals surface area contributed by atoms with Gasteiger partial charge in [-0.1, -0.05) is 18.6 Å². The van der Waals surface area contributed by atoms with Crippen molar-refractivity contribution in [3.8, 4) is 11.3 Å². The summed E-state index contributed by atoms with van der Waals surface area (Å²) in [5.41, 5.74) is 1.98. The van der Waals surface area contributed by atoms with E-state index in [1.807, 2.05) is 12.3 Å². The molecular weight excluding hydrogens is 329 g/mol. The second-order valence-electron chi connectivity index (χ2n) is 8.11.